The van der Waals surface area contributed by atoms with Gasteiger partial charge in [-0.25, -0.2) is 9.97 Å². The Bertz CT molecular complexity index is 757. The van der Waals surface area contributed by atoms with E-state index in [4.69, 9.17) is 4.74 Å². The molecular formula is C15H14BrN5O. The average molecular weight is 360 g/mol. The van der Waals surface area contributed by atoms with Crippen molar-refractivity contribution in [2.24, 2.45) is 0 Å². The smallest absolute Gasteiger partial charge is 0.148 e. The van der Waals surface area contributed by atoms with Crippen molar-refractivity contribution in [2.75, 3.05) is 12.4 Å². The minimum absolute atomic E-state index is 0.691. The first-order valence-electron chi connectivity index (χ1n) is 6.62. The van der Waals surface area contributed by atoms with Gasteiger partial charge in [0, 0.05) is 12.4 Å². The van der Waals surface area contributed by atoms with E-state index < -0.39 is 0 Å². The van der Waals surface area contributed by atoms with Crippen LogP contribution in [0, 0.1) is 0 Å². The molecule has 0 spiro atoms. The fourth-order valence-electron chi connectivity index (χ4n) is 1.97. The van der Waals surface area contributed by atoms with Crippen molar-refractivity contribution in [3.63, 3.8) is 0 Å². The van der Waals surface area contributed by atoms with E-state index in [0.29, 0.717) is 12.4 Å². The molecule has 7 heteroatoms. The third-order valence-corrected chi connectivity index (χ3v) is 3.65. The summed E-state index contributed by atoms with van der Waals surface area (Å²) in [5.41, 5.74) is 2.02. The largest absolute Gasteiger partial charge is 0.497 e. The highest BCUT2D eigenvalue weighted by molar-refractivity contribution is 9.10. The molecule has 0 saturated heterocycles. The monoisotopic (exact) mass is 359 g/mol. The van der Waals surface area contributed by atoms with E-state index >= 15 is 0 Å². The lowest BCUT2D eigenvalue weighted by molar-refractivity contribution is 0.414. The molecule has 6 nitrogen and oxygen atoms in total. The molecule has 0 atom stereocenters. The SMILES string of the molecule is COc1ccc(Cn2cc(Nc3ncncc3Br)cn2)cc1. The van der Waals surface area contributed by atoms with Crippen LogP contribution in [0.15, 0.2) is 53.7 Å². The van der Waals surface area contributed by atoms with Crippen LogP contribution in [0.3, 0.4) is 0 Å². The Morgan fingerprint density at radius 2 is 2.05 bits per heavy atom. The third kappa shape index (κ3) is 3.43. The molecule has 0 amide bonds. The van der Waals surface area contributed by atoms with Crippen molar-refractivity contribution >= 4 is 27.4 Å². The van der Waals surface area contributed by atoms with Gasteiger partial charge in [-0.1, -0.05) is 12.1 Å². The normalized spacial score (nSPS) is 10.5. The number of anilines is 2. The minimum atomic E-state index is 0.691. The molecule has 22 heavy (non-hydrogen) atoms. The molecule has 0 bridgehead atoms. The summed E-state index contributed by atoms with van der Waals surface area (Å²) < 4.78 is 7.82. The Labute approximate surface area is 136 Å². The second kappa shape index (κ2) is 6.57. The standard InChI is InChI=1S/C15H14BrN5O/c1-22-13-4-2-11(3-5-13)8-21-9-12(6-19-21)20-15-14(16)7-17-10-18-15/h2-7,9-10H,8H2,1H3,(H,17,18,20). The number of hydrogen-bond donors (Lipinski definition) is 1. The Balaban J connectivity index is 1.69. The van der Waals surface area contributed by atoms with Crippen molar-refractivity contribution in [1.82, 2.24) is 19.7 Å². The van der Waals surface area contributed by atoms with Gasteiger partial charge >= 0.3 is 0 Å². The van der Waals surface area contributed by atoms with Crippen molar-refractivity contribution in [3.05, 3.63) is 59.2 Å². The van der Waals surface area contributed by atoms with Gasteiger partial charge in [-0.3, -0.25) is 4.68 Å². The van der Waals surface area contributed by atoms with Crippen molar-refractivity contribution < 1.29 is 4.74 Å². The third-order valence-electron chi connectivity index (χ3n) is 3.07. The van der Waals surface area contributed by atoms with Gasteiger partial charge < -0.3 is 10.1 Å². The molecule has 0 aliphatic carbocycles. The summed E-state index contributed by atoms with van der Waals surface area (Å²) in [6.07, 6.45) is 6.88. The van der Waals surface area contributed by atoms with Gasteiger partial charge in [0.25, 0.3) is 0 Å². The molecule has 3 aromatic rings. The van der Waals surface area contributed by atoms with E-state index in [2.05, 4.69) is 36.3 Å². The topological polar surface area (TPSA) is 64.9 Å². The first-order valence-corrected chi connectivity index (χ1v) is 7.42. The predicted octanol–water partition coefficient (Wildman–Crippen LogP) is 3.24. The number of nitrogens with one attached hydrogen (secondary N) is 1. The predicted molar refractivity (Wildman–Crippen MR) is 87.3 cm³/mol. The highest BCUT2D eigenvalue weighted by Crippen LogP contribution is 2.21. The number of aromatic nitrogens is 4. The zero-order chi connectivity index (χ0) is 15.4. The molecule has 0 saturated carbocycles. The number of ether oxygens (including phenoxy) is 1. The lowest BCUT2D eigenvalue weighted by atomic mass is 10.2. The van der Waals surface area contributed by atoms with Crippen LogP contribution in [0.5, 0.6) is 5.75 Å². The van der Waals surface area contributed by atoms with E-state index in [1.165, 1.54) is 6.33 Å². The van der Waals surface area contributed by atoms with E-state index in [-0.39, 0.29) is 0 Å². The van der Waals surface area contributed by atoms with E-state index in [9.17, 15) is 0 Å². The van der Waals surface area contributed by atoms with Crippen LogP contribution in [0.25, 0.3) is 0 Å². The maximum Gasteiger partial charge on any atom is 0.148 e. The minimum Gasteiger partial charge on any atom is -0.497 e. The average Bonchev–Trinajstić information content (AvgIpc) is 2.97. The summed E-state index contributed by atoms with van der Waals surface area (Å²) in [6, 6.07) is 7.93. The number of methoxy groups -OCH3 is 1. The number of halogens is 1. The zero-order valence-corrected chi connectivity index (χ0v) is 13.5. The summed E-state index contributed by atoms with van der Waals surface area (Å²) in [4.78, 5) is 8.10. The molecule has 0 aliphatic rings. The van der Waals surface area contributed by atoms with Crippen LogP contribution in [-0.2, 0) is 6.54 Å². The van der Waals surface area contributed by atoms with Crippen molar-refractivity contribution in [3.8, 4) is 5.75 Å². The highest BCUT2D eigenvalue weighted by atomic mass is 79.9. The molecule has 3 rings (SSSR count). The summed E-state index contributed by atoms with van der Waals surface area (Å²) in [6.45, 7) is 0.691. The van der Waals surface area contributed by atoms with E-state index in [0.717, 1.165) is 21.5 Å². The van der Waals surface area contributed by atoms with Gasteiger partial charge in [-0.2, -0.15) is 5.10 Å². The second-order valence-corrected chi connectivity index (χ2v) is 5.47. The molecule has 0 fully saturated rings. The van der Waals surface area contributed by atoms with Crippen LogP contribution in [0.1, 0.15) is 5.56 Å². The number of nitrogens with zero attached hydrogens (tertiary/aromatic N) is 4. The lowest BCUT2D eigenvalue weighted by Gasteiger charge is -2.04. The molecule has 0 aliphatic heterocycles. The summed E-state index contributed by atoms with van der Waals surface area (Å²) in [5, 5.41) is 7.54. The lowest BCUT2D eigenvalue weighted by Crippen LogP contribution is -2.00. The van der Waals surface area contributed by atoms with Crippen LogP contribution in [0.4, 0.5) is 11.5 Å². The van der Waals surface area contributed by atoms with E-state index in [1.54, 1.807) is 19.5 Å². The first-order chi connectivity index (χ1) is 10.7. The quantitative estimate of drug-likeness (QED) is 0.757. The Morgan fingerprint density at radius 1 is 1.23 bits per heavy atom. The molecule has 1 aromatic carbocycles. The number of rotatable bonds is 5. The molecule has 2 heterocycles. The molecule has 0 unspecified atom stereocenters. The molecule has 1 N–H and O–H groups in total. The fraction of sp³-hybridized carbons (Fsp3) is 0.133. The Morgan fingerprint density at radius 3 is 2.77 bits per heavy atom. The van der Waals surface area contributed by atoms with Gasteiger partial charge in [0.2, 0.25) is 0 Å². The Hall–Kier alpha value is -2.41. The highest BCUT2D eigenvalue weighted by Gasteiger charge is 2.04. The molecule has 0 radical (unpaired) electrons. The van der Waals surface area contributed by atoms with Crippen molar-refractivity contribution in [2.45, 2.75) is 6.54 Å². The summed E-state index contributed by atoms with van der Waals surface area (Å²) in [7, 11) is 1.66. The summed E-state index contributed by atoms with van der Waals surface area (Å²) in [5.74, 6) is 1.55. The van der Waals surface area contributed by atoms with Crippen molar-refractivity contribution in [1.29, 1.82) is 0 Å². The number of hydrogen-bond acceptors (Lipinski definition) is 5. The second-order valence-electron chi connectivity index (χ2n) is 4.62. The van der Waals surface area contributed by atoms with Gasteiger partial charge in [-0.15, -0.1) is 0 Å². The fourth-order valence-corrected chi connectivity index (χ4v) is 2.29. The molecular weight excluding hydrogens is 346 g/mol. The zero-order valence-electron chi connectivity index (χ0n) is 11.9. The van der Waals surface area contributed by atoms with Gasteiger partial charge in [0.15, 0.2) is 0 Å². The van der Waals surface area contributed by atoms with Gasteiger partial charge in [0.05, 0.1) is 30.0 Å². The van der Waals surface area contributed by atoms with Crippen LogP contribution < -0.4 is 10.1 Å². The first kappa shape index (κ1) is 14.5. The number of benzene rings is 1. The maximum atomic E-state index is 5.15. The summed E-state index contributed by atoms with van der Waals surface area (Å²) >= 11 is 3.40. The molecule has 2 aromatic heterocycles. The van der Waals surface area contributed by atoms with Gasteiger partial charge in [0.1, 0.15) is 17.9 Å². The van der Waals surface area contributed by atoms with Gasteiger partial charge in [-0.05, 0) is 33.6 Å². The van der Waals surface area contributed by atoms with Crippen LogP contribution in [0.2, 0.25) is 0 Å². The Kier molecular flexibility index (Phi) is 4.34. The van der Waals surface area contributed by atoms with E-state index in [1.807, 2.05) is 35.1 Å². The maximum absolute atomic E-state index is 5.15. The van der Waals surface area contributed by atoms with Crippen LogP contribution in [-0.4, -0.2) is 26.9 Å². The molecule has 112 valence electrons. The van der Waals surface area contributed by atoms with Crippen LogP contribution >= 0.6 is 15.9 Å².